The smallest absolute Gasteiger partial charge is 0.292 e. The molecular weight excluding hydrogens is 274 g/mol. The van der Waals surface area contributed by atoms with E-state index in [1.165, 1.54) is 36.8 Å². The topological polar surface area (TPSA) is 110 Å². The third kappa shape index (κ3) is 3.50. The number of rotatable bonds is 5. The zero-order valence-electron chi connectivity index (χ0n) is 11.2. The van der Waals surface area contributed by atoms with E-state index in [1.807, 2.05) is 6.92 Å². The number of carbonyl (C=O) groups is 1. The van der Waals surface area contributed by atoms with Crippen molar-refractivity contribution in [1.29, 1.82) is 0 Å². The Labute approximate surface area is 120 Å². The van der Waals surface area contributed by atoms with E-state index in [-0.39, 0.29) is 5.69 Å². The SMILES string of the molecule is CCNc1cc(C(=O)Nc2cnccn2)ccc1[N+](=O)[O-]. The zero-order valence-corrected chi connectivity index (χ0v) is 11.2. The van der Waals surface area contributed by atoms with Crippen LogP contribution in [0, 0.1) is 10.1 Å². The van der Waals surface area contributed by atoms with Crippen LogP contribution < -0.4 is 10.6 Å². The molecule has 0 fully saturated rings. The minimum Gasteiger partial charge on any atom is -0.380 e. The van der Waals surface area contributed by atoms with Crippen molar-refractivity contribution in [3.63, 3.8) is 0 Å². The van der Waals surface area contributed by atoms with E-state index in [4.69, 9.17) is 0 Å². The van der Waals surface area contributed by atoms with Crippen LogP contribution >= 0.6 is 0 Å². The summed E-state index contributed by atoms with van der Waals surface area (Å²) in [4.78, 5) is 30.3. The molecule has 21 heavy (non-hydrogen) atoms. The fourth-order valence-electron chi connectivity index (χ4n) is 1.72. The lowest BCUT2D eigenvalue weighted by molar-refractivity contribution is -0.384. The Morgan fingerprint density at radius 2 is 2.19 bits per heavy atom. The predicted octanol–water partition coefficient (Wildman–Crippen LogP) is 2.07. The molecule has 0 unspecified atom stereocenters. The summed E-state index contributed by atoms with van der Waals surface area (Å²) in [6.07, 6.45) is 4.36. The van der Waals surface area contributed by atoms with Gasteiger partial charge in [-0.3, -0.25) is 19.9 Å². The van der Waals surface area contributed by atoms with Crippen LogP contribution in [0.25, 0.3) is 0 Å². The molecule has 0 aliphatic heterocycles. The standard InChI is InChI=1S/C13H13N5O3/c1-2-15-10-7-9(3-4-11(10)18(20)21)13(19)17-12-8-14-5-6-16-12/h3-8,15H,2H2,1H3,(H,16,17,19). The van der Waals surface area contributed by atoms with Gasteiger partial charge in [-0.25, -0.2) is 4.98 Å². The van der Waals surface area contributed by atoms with Gasteiger partial charge in [0.2, 0.25) is 0 Å². The van der Waals surface area contributed by atoms with Crippen LogP contribution in [0.2, 0.25) is 0 Å². The number of anilines is 2. The molecule has 8 heteroatoms. The third-order valence-electron chi connectivity index (χ3n) is 2.63. The van der Waals surface area contributed by atoms with Gasteiger partial charge < -0.3 is 10.6 Å². The van der Waals surface area contributed by atoms with Crippen LogP contribution in [-0.4, -0.2) is 27.3 Å². The number of amides is 1. The summed E-state index contributed by atoms with van der Waals surface area (Å²) < 4.78 is 0. The summed E-state index contributed by atoms with van der Waals surface area (Å²) in [5, 5.41) is 16.3. The minimum atomic E-state index is -0.498. The largest absolute Gasteiger partial charge is 0.380 e. The van der Waals surface area contributed by atoms with Crippen LogP contribution in [0.1, 0.15) is 17.3 Å². The third-order valence-corrected chi connectivity index (χ3v) is 2.63. The second kappa shape index (κ2) is 6.42. The summed E-state index contributed by atoms with van der Waals surface area (Å²) in [5.41, 5.74) is 0.518. The maximum absolute atomic E-state index is 12.1. The average Bonchev–Trinajstić information content (AvgIpc) is 2.48. The van der Waals surface area contributed by atoms with Gasteiger partial charge in [0.25, 0.3) is 11.6 Å². The molecule has 8 nitrogen and oxygen atoms in total. The van der Waals surface area contributed by atoms with Gasteiger partial charge in [-0.2, -0.15) is 0 Å². The van der Waals surface area contributed by atoms with Crippen molar-refractivity contribution in [2.24, 2.45) is 0 Å². The first-order valence-electron chi connectivity index (χ1n) is 6.21. The van der Waals surface area contributed by atoms with E-state index >= 15 is 0 Å². The van der Waals surface area contributed by atoms with Crippen LogP contribution in [-0.2, 0) is 0 Å². The van der Waals surface area contributed by atoms with Crippen LogP contribution in [0.4, 0.5) is 17.2 Å². The van der Waals surface area contributed by atoms with Crippen LogP contribution in [0.15, 0.2) is 36.8 Å². The van der Waals surface area contributed by atoms with Crippen molar-refractivity contribution >= 4 is 23.1 Å². The molecule has 0 saturated carbocycles. The Hall–Kier alpha value is -3.03. The highest BCUT2D eigenvalue weighted by atomic mass is 16.6. The predicted molar refractivity (Wildman–Crippen MR) is 77.2 cm³/mol. The summed E-state index contributed by atoms with van der Waals surface area (Å²) in [7, 11) is 0. The van der Waals surface area contributed by atoms with E-state index in [0.717, 1.165) is 0 Å². The lowest BCUT2D eigenvalue weighted by atomic mass is 10.1. The number of nitrogens with zero attached hydrogens (tertiary/aromatic N) is 3. The molecule has 1 heterocycles. The van der Waals surface area contributed by atoms with Crippen LogP contribution in [0.3, 0.4) is 0 Å². The molecule has 0 aliphatic carbocycles. The quantitative estimate of drug-likeness (QED) is 0.643. The highest BCUT2D eigenvalue weighted by Crippen LogP contribution is 2.25. The molecule has 0 atom stereocenters. The van der Waals surface area contributed by atoms with Gasteiger partial charge in [0.1, 0.15) is 5.69 Å². The Balaban J connectivity index is 2.25. The number of nitrogens with one attached hydrogen (secondary N) is 2. The molecule has 2 N–H and O–H groups in total. The normalized spacial score (nSPS) is 9.95. The average molecular weight is 287 g/mol. The molecule has 2 rings (SSSR count). The maximum Gasteiger partial charge on any atom is 0.292 e. The van der Waals surface area contributed by atoms with Crippen molar-refractivity contribution in [3.8, 4) is 0 Å². The van der Waals surface area contributed by atoms with E-state index < -0.39 is 10.8 Å². The van der Waals surface area contributed by atoms with Gasteiger partial charge in [0.05, 0.1) is 11.1 Å². The zero-order chi connectivity index (χ0) is 15.2. The molecule has 0 saturated heterocycles. The molecule has 1 aromatic heterocycles. The Kier molecular flexibility index (Phi) is 4.39. The highest BCUT2D eigenvalue weighted by Gasteiger charge is 2.16. The van der Waals surface area contributed by atoms with E-state index in [1.54, 1.807) is 0 Å². The number of carbonyl (C=O) groups excluding carboxylic acids is 1. The highest BCUT2D eigenvalue weighted by molar-refractivity contribution is 6.04. The van der Waals surface area contributed by atoms with E-state index in [2.05, 4.69) is 20.6 Å². The van der Waals surface area contributed by atoms with E-state index in [9.17, 15) is 14.9 Å². The Morgan fingerprint density at radius 3 is 2.81 bits per heavy atom. The summed E-state index contributed by atoms with van der Waals surface area (Å²) in [5.74, 6) is -0.101. The van der Waals surface area contributed by atoms with Crippen molar-refractivity contribution in [2.45, 2.75) is 6.92 Å². The number of aromatic nitrogens is 2. The molecule has 0 aliphatic rings. The molecule has 0 radical (unpaired) electrons. The second-order valence-electron chi connectivity index (χ2n) is 4.06. The van der Waals surface area contributed by atoms with Gasteiger partial charge in [0.15, 0.2) is 5.82 Å². The molecular formula is C13H13N5O3. The fourth-order valence-corrected chi connectivity index (χ4v) is 1.72. The van der Waals surface area contributed by atoms with Gasteiger partial charge >= 0.3 is 0 Å². The summed E-state index contributed by atoms with van der Waals surface area (Å²) in [6.45, 7) is 2.33. The summed E-state index contributed by atoms with van der Waals surface area (Å²) >= 11 is 0. The number of nitro groups is 1. The molecule has 0 bridgehead atoms. The first-order valence-corrected chi connectivity index (χ1v) is 6.21. The first kappa shape index (κ1) is 14.4. The van der Waals surface area contributed by atoms with Crippen molar-refractivity contribution in [3.05, 3.63) is 52.5 Å². The number of hydrogen-bond donors (Lipinski definition) is 2. The van der Waals surface area contributed by atoms with Gasteiger partial charge in [-0.1, -0.05) is 0 Å². The Bertz CT molecular complexity index is 660. The maximum atomic E-state index is 12.1. The van der Waals surface area contributed by atoms with Gasteiger partial charge in [-0.15, -0.1) is 0 Å². The Morgan fingerprint density at radius 1 is 1.38 bits per heavy atom. The first-order chi connectivity index (χ1) is 10.1. The lowest BCUT2D eigenvalue weighted by Crippen LogP contribution is -2.14. The summed E-state index contributed by atoms with van der Waals surface area (Å²) in [6, 6.07) is 4.13. The molecule has 2 aromatic rings. The molecule has 1 amide bonds. The molecule has 108 valence electrons. The fraction of sp³-hybridized carbons (Fsp3) is 0.154. The second-order valence-corrected chi connectivity index (χ2v) is 4.06. The van der Waals surface area contributed by atoms with Gasteiger partial charge in [-0.05, 0) is 19.1 Å². The lowest BCUT2D eigenvalue weighted by Gasteiger charge is -2.08. The number of benzene rings is 1. The van der Waals surface area contributed by atoms with Crippen molar-refractivity contribution in [2.75, 3.05) is 17.2 Å². The molecule has 0 spiro atoms. The monoisotopic (exact) mass is 287 g/mol. The van der Waals surface area contributed by atoms with Crippen molar-refractivity contribution in [1.82, 2.24) is 9.97 Å². The number of nitro benzene ring substituents is 1. The molecule has 1 aromatic carbocycles. The number of hydrogen-bond acceptors (Lipinski definition) is 6. The minimum absolute atomic E-state index is 0.0760. The van der Waals surface area contributed by atoms with Crippen LogP contribution in [0.5, 0.6) is 0 Å². The van der Waals surface area contributed by atoms with Gasteiger partial charge in [0, 0.05) is 30.6 Å². The van der Waals surface area contributed by atoms with Crippen molar-refractivity contribution < 1.29 is 9.72 Å². The van der Waals surface area contributed by atoms with E-state index in [0.29, 0.717) is 23.6 Å².